The molecule has 0 aliphatic carbocycles. The normalized spacial score (nSPS) is 15.2. The molecule has 2 heteroatoms. The quantitative estimate of drug-likeness (QED) is 0.770. The maximum Gasteiger partial charge on any atom is 0.00727 e. The Morgan fingerprint density at radius 1 is 1.12 bits per heavy atom. The fourth-order valence-electron chi connectivity index (χ4n) is 2.42. The standard InChI is InChI=1S/C15H27NS/c1-6-13-8-9-14(17-13)10-15(11(3)4)12(5)16-7-2/h8-9,11-12,15-16H,6-7,10H2,1-5H3. The molecule has 1 N–H and O–H groups in total. The summed E-state index contributed by atoms with van der Waals surface area (Å²) in [5.74, 6) is 1.47. The van der Waals surface area contributed by atoms with E-state index in [0.29, 0.717) is 6.04 Å². The van der Waals surface area contributed by atoms with Crippen molar-refractivity contribution in [3.05, 3.63) is 21.9 Å². The maximum absolute atomic E-state index is 3.57. The van der Waals surface area contributed by atoms with Crippen LogP contribution in [-0.4, -0.2) is 12.6 Å². The van der Waals surface area contributed by atoms with Crippen LogP contribution in [0, 0.1) is 11.8 Å². The topological polar surface area (TPSA) is 12.0 Å². The summed E-state index contributed by atoms with van der Waals surface area (Å²) in [6, 6.07) is 5.21. The lowest BCUT2D eigenvalue weighted by Gasteiger charge is -2.27. The molecule has 98 valence electrons. The fraction of sp³-hybridized carbons (Fsp3) is 0.733. The molecule has 0 bridgehead atoms. The van der Waals surface area contributed by atoms with Gasteiger partial charge in [0.1, 0.15) is 0 Å². The molecular weight excluding hydrogens is 226 g/mol. The first-order valence-corrected chi connectivity index (χ1v) is 7.71. The third kappa shape index (κ3) is 4.44. The van der Waals surface area contributed by atoms with Gasteiger partial charge in [-0.25, -0.2) is 0 Å². The molecule has 0 amide bonds. The van der Waals surface area contributed by atoms with Crippen LogP contribution in [0.15, 0.2) is 12.1 Å². The highest BCUT2D eigenvalue weighted by atomic mass is 32.1. The van der Waals surface area contributed by atoms with Gasteiger partial charge in [-0.1, -0.05) is 27.7 Å². The van der Waals surface area contributed by atoms with Gasteiger partial charge in [-0.05, 0) is 50.3 Å². The Balaban J connectivity index is 2.65. The maximum atomic E-state index is 3.57. The van der Waals surface area contributed by atoms with Crippen LogP contribution in [0.4, 0.5) is 0 Å². The van der Waals surface area contributed by atoms with E-state index in [4.69, 9.17) is 0 Å². The number of aryl methyl sites for hydroxylation is 1. The van der Waals surface area contributed by atoms with Gasteiger partial charge in [-0.2, -0.15) is 0 Å². The average molecular weight is 253 g/mol. The van der Waals surface area contributed by atoms with Crippen LogP contribution in [-0.2, 0) is 12.8 Å². The van der Waals surface area contributed by atoms with E-state index in [1.54, 1.807) is 4.88 Å². The van der Waals surface area contributed by atoms with Gasteiger partial charge in [0.05, 0.1) is 0 Å². The van der Waals surface area contributed by atoms with Crippen molar-refractivity contribution >= 4 is 11.3 Å². The highest BCUT2D eigenvalue weighted by molar-refractivity contribution is 7.11. The Morgan fingerprint density at radius 2 is 1.76 bits per heavy atom. The summed E-state index contributed by atoms with van der Waals surface area (Å²) < 4.78 is 0. The van der Waals surface area contributed by atoms with Crippen LogP contribution in [0.5, 0.6) is 0 Å². The Labute approximate surface area is 111 Å². The van der Waals surface area contributed by atoms with Crippen LogP contribution in [0.2, 0.25) is 0 Å². The second kappa shape index (κ2) is 7.17. The monoisotopic (exact) mass is 253 g/mol. The first-order valence-electron chi connectivity index (χ1n) is 6.89. The number of hydrogen-bond acceptors (Lipinski definition) is 2. The Hall–Kier alpha value is -0.340. The summed E-state index contributed by atoms with van der Waals surface area (Å²) >= 11 is 1.99. The van der Waals surface area contributed by atoms with Crippen molar-refractivity contribution in [2.24, 2.45) is 11.8 Å². The van der Waals surface area contributed by atoms with Crippen molar-refractivity contribution in [3.63, 3.8) is 0 Å². The van der Waals surface area contributed by atoms with E-state index in [2.05, 4.69) is 52.1 Å². The minimum atomic E-state index is 0.604. The van der Waals surface area contributed by atoms with Gasteiger partial charge < -0.3 is 5.32 Å². The average Bonchev–Trinajstić information content (AvgIpc) is 2.73. The SMILES string of the molecule is CCNC(C)C(Cc1ccc(CC)s1)C(C)C. The van der Waals surface area contributed by atoms with E-state index in [-0.39, 0.29) is 0 Å². The summed E-state index contributed by atoms with van der Waals surface area (Å²) in [5.41, 5.74) is 0. The molecule has 0 aliphatic heterocycles. The molecule has 1 heterocycles. The second-order valence-corrected chi connectivity index (χ2v) is 6.43. The summed E-state index contributed by atoms with van der Waals surface area (Å²) in [5, 5.41) is 3.57. The second-order valence-electron chi connectivity index (χ2n) is 5.18. The number of thiophene rings is 1. The summed E-state index contributed by atoms with van der Waals surface area (Å²) in [6.07, 6.45) is 2.39. The van der Waals surface area contributed by atoms with Crippen LogP contribution in [0.25, 0.3) is 0 Å². The summed E-state index contributed by atoms with van der Waals surface area (Å²) in [7, 11) is 0. The Kier molecular flexibility index (Phi) is 6.21. The molecule has 1 aromatic rings. The number of rotatable bonds is 7. The van der Waals surface area contributed by atoms with E-state index in [0.717, 1.165) is 18.4 Å². The third-order valence-electron chi connectivity index (χ3n) is 3.53. The molecule has 1 rings (SSSR count). The molecule has 1 aromatic heterocycles. The smallest absolute Gasteiger partial charge is 0.00727 e. The molecule has 0 radical (unpaired) electrons. The van der Waals surface area contributed by atoms with Gasteiger partial charge >= 0.3 is 0 Å². The van der Waals surface area contributed by atoms with Crippen LogP contribution in [0.1, 0.15) is 44.4 Å². The zero-order valence-corrected chi connectivity index (χ0v) is 12.7. The van der Waals surface area contributed by atoms with Crippen LogP contribution >= 0.6 is 11.3 Å². The van der Waals surface area contributed by atoms with Crippen molar-refractivity contribution < 1.29 is 0 Å². The van der Waals surface area contributed by atoms with Crippen molar-refractivity contribution in [2.45, 2.75) is 53.5 Å². The lowest BCUT2D eigenvalue weighted by Crippen LogP contribution is -2.37. The largest absolute Gasteiger partial charge is 0.314 e. The predicted molar refractivity (Wildman–Crippen MR) is 78.9 cm³/mol. The van der Waals surface area contributed by atoms with Gasteiger partial charge in [0.25, 0.3) is 0 Å². The van der Waals surface area contributed by atoms with Crippen molar-refractivity contribution in [2.75, 3.05) is 6.54 Å². The molecule has 0 saturated heterocycles. The van der Waals surface area contributed by atoms with Gasteiger partial charge in [0.15, 0.2) is 0 Å². The number of nitrogens with one attached hydrogen (secondary N) is 1. The molecule has 0 saturated carbocycles. The third-order valence-corrected chi connectivity index (χ3v) is 4.78. The van der Waals surface area contributed by atoms with Crippen molar-refractivity contribution in [1.29, 1.82) is 0 Å². The van der Waals surface area contributed by atoms with E-state index >= 15 is 0 Å². The van der Waals surface area contributed by atoms with Crippen LogP contribution < -0.4 is 5.32 Å². The highest BCUT2D eigenvalue weighted by Crippen LogP contribution is 2.25. The first-order chi connectivity index (χ1) is 8.08. The molecule has 0 spiro atoms. The molecule has 0 fully saturated rings. The van der Waals surface area contributed by atoms with Crippen molar-refractivity contribution in [3.8, 4) is 0 Å². The first kappa shape index (κ1) is 14.7. The zero-order chi connectivity index (χ0) is 12.8. The number of hydrogen-bond donors (Lipinski definition) is 1. The molecule has 17 heavy (non-hydrogen) atoms. The summed E-state index contributed by atoms with van der Waals surface area (Å²) in [4.78, 5) is 3.06. The minimum Gasteiger partial charge on any atom is -0.314 e. The molecular formula is C15H27NS. The van der Waals surface area contributed by atoms with Gasteiger partial charge in [-0.15, -0.1) is 11.3 Å². The molecule has 2 atom stereocenters. The lowest BCUT2D eigenvalue weighted by molar-refractivity contribution is 0.293. The molecule has 0 aliphatic rings. The van der Waals surface area contributed by atoms with E-state index in [1.165, 1.54) is 17.7 Å². The molecule has 2 unspecified atom stereocenters. The van der Waals surface area contributed by atoms with E-state index in [1.807, 2.05) is 11.3 Å². The Bertz CT molecular complexity index is 316. The summed E-state index contributed by atoms with van der Waals surface area (Å²) in [6.45, 7) is 12.5. The van der Waals surface area contributed by atoms with E-state index in [9.17, 15) is 0 Å². The predicted octanol–water partition coefficient (Wildman–Crippen LogP) is 4.12. The molecule has 1 nitrogen and oxygen atoms in total. The van der Waals surface area contributed by atoms with Gasteiger partial charge in [-0.3, -0.25) is 0 Å². The Morgan fingerprint density at radius 3 is 2.24 bits per heavy atom. The van der Waals surface area contributed by atoms with Gasteiger partial charge in [0, 0.05) is 15.8 Å². The minimum absolute atomic E-state index is 0.604. The fourth-order valence-corrected chi connectivity index (χ4v) is 3.45. The van der Waals surface area contributed by atoms with Crippen LogP contribution in [0.3, 0.4) is 0 Å². The lowest BCUT2D eigenvalue weighted by atomic mass is 9.86. The molecule has 0 aromatic carbocycles. The highest BCUT2D eigenvalue weighted by Gasteiger charge is 2.21. The van der Waals surface area contributed by atoms with Gasteiger partial charge in [0.2, 0.25) is 0 Å². The van der Waals surface area contributed by atoms with Crippen molar-refractivity contribution in [1.82, 2.24) is 5.32 Å². The zero-order valence-electron chi connectivity index (χ0n) is 11.9. The van der Waals surface area contributed by atoms with E-state index < -0.39 is 0 Å².